The van der Waals surface area contributed by atoms with Crippen molar-refractivity contribution in [2.45, 2.75) is 25.4 Å². The molecule has 0 aliphatic carbocycles. The summed E-state index contributed by atoms with van der Waals surface area (Å²) < 4.78 is 0. The second-order valence-corrected chi connectivity index (χ2v) is 6.07. The highest BCUT2D eigenvalue weighted by Crippen LogP contribution is 2.10. The Balaban J connectivity index is 1.69. The third kappa shape index (κ3) is 5.73. The Labute approximate surface area is 141 Å². The van der Waals surface area contributed by atoms with Gasteiger partial charge in [0.1, 0.15) is 0 Å². The van der Waals surface area contributed by atoms with Crippen LogP contribution in [0.25, 0.3) is 0 Å². The van der Waals surface area contributed by atoms with Gasteiger partial charge in [-0.2, -0.15) is 0 Å². The van der Waals surface area contributed by atoms with E-state index in [-0.39, 0.29) is 18.5 Å². The fourth-order valence-corrected chi connectivity index (χ4v) is 2.68. The third-order valence-corrected chi connectivity index (χ3v) is 4.20. The van der Waals surface area contributed by atoms with Crippen LogP contribution in [0.5, 0.6) is 0 Å². The molecule has 23 heavy (non-hydrogen) atoms. The molecule has 0 saturated carbocycles. The lowest BCUT2D eigenvalue weighted by Gasteiger charge is -2.32. The van der Waals surface area contributed by atoms with Gasteiger partial charge in [-0.1, -0.05) is 23.7 Å². The normalized spacial score (nSPS) is 17.7. The van der Waals surface area contributed by atoms with Crippen molar-refractivity contribution in [1.29, 1.82) is 0 Å². The van der Waals surface area contributed by atoms with Gasteiger partial charge in [0.15, 0.2) is 0 Å². The van der Waals surface area contributed by atoms with Gasteiger partial charge in [-0.05, 0) is 37.6 Å². The molecule has 2 rings (SSSR count). The standard InChI is InChI=1S/C16H23ClN4O2/c1-18-14-3-2-8-21(11-14)15(22)10-20-16(23)19-9-12-4-6-13(17)7-5-12/h4-7,14,18H,2-3,8-11H2,1H3,(H2,19,20,23). The third-order valence-electron chi connectivity index (χ3n) is 3.95. The van der Waals surface area contributed by atoms with Gasteiger partial charge in [0.05, 0.1) is 6.54 Å². The molecule has 1 saturated heterocycles. The van der Waals surface area contributed by atoms with Gasteiger partial charge >= 0.3 is 6.03 Å². The van der Waals surface area contributed by atoms with Gasteiger partial charge < -0.3 is 20.9 Å². The van der Waals surface area contributed by atoms with Crippen molar-refractivity contribution < 1.29 is 9.59 Å². The summed E-state index contributed by atoms with van der Waals surface area (Å²) in [5, 5.41) is 9.18. The van der Waals surface area contributed by atoms with E-state index in [4.69, 9.17) is 11.6 Å². The summed E-state index contributed by atoms with van der Waals surface area (Å²) in [6, 6.07) is 7.23. The highest BCUT2D eigenvalue weighted by Gasteiger charge is 2.22. The maximum Gasteiger partial charge on any atom is 0.315 e. The van der Waals surface area contributed by atoms with Crippen LogP contribution < -0.4 is 16.0 Å². The summed E-state index contributed by atoms with van der Waals surface area (Å²) in [7, 11) is 1.90. The van der Waals surface area contributed by atoms with Crippen LogP contribution in [0.2, 0.25) is 5.02 Å². The van der Waals surface area contributed by atoms with Crippen LogP contribution in [0.4, 0.5) is 4.79 Å². The Morgan fingerprint density at radius 1 is 1.26 bits per heavy atom. The Morgan fingerprint density at radius 2 is 2.00 bits per heavy atom. The van der Waals surface area contributed by atoms with Crippen molar-refractivity contribution in [2.24, 2.45) is 0 Å². The van der Waals surface area contributed by atoms with Crippen LogP contribution in [0.15, 0.2) is 24.3 Å². The van der Waals surface area contributed by atoms with E-state index in [0.29, 0.717) is 24.2 Å². The zero-order valence-corrected chi connectivity index (χ0v) is 14.0. The number of carbonyl (C=O) groups is 2. The molecule has 0 radical (unpaired) electrons. The summed E-state index contributed by atoms with van der Waals surface area (Å²) in [6.07, 6.45) is 2.06. The molecular formula is C16H23ClN4O2. The second kappa shape index (κ2) is 8.74. The van der Waals surface area contributed by atoms with Gasteiger partial charge in [-0.25, -0.2) is 4.79 Å². The molecule has 1 heterocycles. The Bertz CT molecular complexity index is 535. The minimum Gasteiger partial charge on any atom is -0.340 e. The number of likely N-dealkylation sites (tertiary alicyclic amines) is 1. The van der Waals surface area contributed by atoms with E-state index in [1.165, 1.54) is 0 Å². The van der Waals surface area contributed by atoms with E-state index in [1.54, 1.807) is 17.0 Å². The van der Waals surface area contributed by atoms with E-state index in [9.17, 15) is 9.59 Å². The molecule has 1 fully saturated rings. The highest BCUT2D eigenvalue weighted by molar-refractivity contribution is 6.30. The number of benzene rings is 1. The lowest BCUT2D eigenvalue weighted by molar-refractivity contribution is -0.131. The molecule has 3 amide bonds. The lowest BCUT2D eigenvalue weighted by Crippen LogP contribution is -2.50. The Hall–Kier alpha value is -1.79. The Morgan fingerprint density at radius 3 is 2.70 bits per heavy atom. The molecule has 1 aliphatic heterocycles. The number of piperidine rings is 1. The Kier molecular flexibility index (Phi) is 6.67. The summed E-state index contributed by atoms with van der Waals surface area (Å²) in [6.45, 7) is 1.86. The van der Waals surface area contributed by atoms with Crippen LogP contribution in [0.1, 0.15) is 18.4 Å². The average Bonchev–Trinajstić information content (AvgIpc) is 2.59. The van der Waals surface area contributed by atoms with Crippen molar-refractivity contribution in [1.82, 2.24) is 20.9 Å². The molecule has 1 aliphatic rings. The van der Waals surface area contributed by atoms with E-state index in [2.05, 4.69) is 16.0 Å². The highest BCUT2D eigenvalue weighted by atomic mass is 35.5. The number of rotatable bonds is 5. The molecule has 7 heteroatoms. The molecule has 0 spiro atoms. The summed E-state index contributed by atoms with van der Waals surface area (Å²) in [5.41, 5.74) is 0.948. The first-order valence-corrected chi connectivity index (χ1v) is 8.17. The number of hydrogen-bond donors (Lipinski definition) is 3. The SMILES string of the molecule is CNC1CCCN(C(=O)CNC(=O)NCc2ccc(Cl)cc2)C1. The molecule has 6 nitrogen and oxygen atoms in total. The van der Waals surface area contributed by atoms with E-state index in [0.717, 1.165) is 24.9 Å². The van der Waals surface area contributed by atoms with Crippen LogP contribution >= 0.6 is 11.6 Å². The van der Waals surface area contributed by atoms with Crippen molar-refractivity contribution in [3.8, 4) is 0 Å². The predicted molar refractivity (Wildman–Crippen MR) is 90.4 cm³/mol. The van der Waals surface area contributed by atoms with E-state index < -0.39 is 0 Å². The topological polar surface area (TPSA) is 73.5 Å². The van der Waals surface area contributed by atoms with Gasteiger partial charge in [-0.3, -0.25) is 4.79 Å². The molecule has 0 bridgehead atoms. The van der Waals surface area contributed by atoms with Crippen LogP contribution in [-0.2, 0) is 11.3 Å². The fourth-order valence-electron chi connectivity index (χ4n) is 2.55. The first kappa shape index (κ1) is 17.6. The molecule has 1 unspecified atom stereocenters. The minimum atomic E-state index is -0.351. The van der Waals surface area contributed by atoms with Crippen molar-refractivity contribution in [3.63, 3.8) is 0 Å². The zero-order chi connectivity index (χ0) is 16.7. The minimum absolute atomic E-state index is 0.0168. The molecule has 126 valence electrons. The second-order valence-electron chi connectivity index (χ2n) is 5.63. The van der Waals surface area contributed by atoms with Crippen molar-refractivity contribution in [2.75, 3.05) is 26.7 Å². The number of halogens is 1. The van der Waals surface area contributed by atoms with Crippen molar-refractivity contribution in [3.05, 3.63) is 34.9 Å². The number of carbonyl (C=O) groups excluding carboxylic acids is 2. The first-order valence-electron chi connectivity index (χ1n) is 7.79. The maximum absolute atomic E-state index is 12.1. The number of likely N-dealkylation sites (N-methyl/N-ethyl adjacent to an activating group) is 1. The maximum atomic E-state index is 12.1. The van der Waals surface area contributed by atoms with Gasteiger partial charge in [-0.15, -0.1) is 0 Å². The number of nitrogens with zero attached hydrogens (tertiary/aromatic N) is 1. The number of nitrogens with one attached hydrogen (secondary N) is 3. The van der Waals surface area contributed by atoms with Crippen LogP contribution in [0, 0.1) is 0 Å². The monoisotopic (exact) mass is 338 g/mol. The van der Waals surface area contributed by atoms with Gasteiger partial charge in [0, 0.05) is 30.7 Å². The predicted octanol–water partition coefficient (Wildman–Crippen LogP) is 1.35. The molecule has 1 aromatic carbocycles. The quantitative estimate of drug-likeness (QED) is 0.758. The summed E-state index contributed by atoms with van der Waals surface area (Å²) in [4.78, 5) is 25.7. The fraction of sp³-hybridized carbons (Fsp3) is 0.500. The lowest BCUT2D eigenvalue weighted by atomic mass is 10.1. The largest absolute Gasteiger partial charge is 0.340 e. The average molecular weight is 339 g/mol. The summed E-state index contributed by atoms with van der Waals surface area (Å²) in [5.74, 6) is -0.0495. The molecule has 3 N–H and O–H groups in total. The van der Waals surface area contributed by atoms with Crippen molar-refractivity contribution >= 4 is 23.5 Å². The molecule has 1 atom stereocenters. The molecular weight excluding hydrogens is 316 g/mol. The van der Waals surface area contributed by atoms with Gasteiger partial charge in [0.25, 0.3) is 0 Å². The van der Waals surface area contributed by atoms with Crippen LogP contribution in [0.3, 0.4) is 0 Å². The smallest absolute Gasteiger partial charge is 0.315 e. The molecule has 1 aromatic rings. The molecule has 0 aromatic heterocycles. The van der Waals surface area contributed by atoms with Crippen LogP contribution in [-0.4, -0.2) is 49.6 Å². The number of urea groups is 1. The van der Waals surface area contributed by atoms with E-state index >= 15 is 0 Å². The zero-order valence-electron chi connectivity index (χ0n) is 13.3. The number of amides is 3. The van der Waals surface area contributed by atoms with E-state index in [1.807, 2.05) is 19.2 Å². The first-order chi connectivity index (χ1) is 11.1. The number of hydrogen-bond acceptors (Lipinski definition) is 3. The summed E-state index contributed by atoms with van der Waals surface area (Å²) >= 11 is 5.81. The van der Waals surface area contributed by atoms with Gasteiger partial charge in [0.2, 0.25) is 5.91 Å².